The smallest absolute Gasteiger partial charge is 0.306 e. The van der Waals surface area contributed by atoms with Gasteiger partial charge in [0.05, 0.1) is 11.5 Å². The van der Waals surface area contributed by atoms with Gasteiger partial charge in [-0.25, -0.2) is 4.39 Å². The van der Waals surface area contributed by atoms with Crippen LogP contribution in [0.3, 0.4) is 0 Å². The summed E-state index contributed by atoms with van der Waals surface area (Å²) >= 11 is 3.19. The molecule has 0 saturated heterocycles. The zero-order valence-corrected chi connectivity index (χ0v) is 11.6. The Bertz CT molecular complexity index is 521. The highest BCUT2D eigenvalue weighted by molar-refractivity contribution is 9.10. The van der Waals surface area contributed by atoms with Crippen LogP contribution in [0.2, 0.25) is 0 Å². The molecule has 2 rings (SSSR count). The molecule has 0 radical (unpaired) electrons. The highest BCUT2D eigenvalue weighted by Gasteiger charge is 2.30. The maximum Gasteiger partial charge on any atom is 0.306 e. The van der Waals surface area contributed by atoms with Crippen LogP contribution in [-0.2, 0) is 4.79 Å². The molecule has 1 saturated carbocycles. The van der Waals surface area contributed by atoms with Gasteiger partial charge in [0.15, 0.2) is 0 Å². The van der Waals surface area contributed by atoms with Crippen LogP contribution in [0.1, 0.15) is 29.6 Å². The molecule has 1 aliphatic rings. The number of amides is 1. The number of benzene rings is 1. The maximum atomic E-state index is 13.1. The monoisotopic (exact) mass is 329 g/mol. The van der Waals surface area contributed by atoms with Crippen LogP contribution >= 0.6 is 15.9 Å². The molecular formula is C13H13BrFNO3. The van der Waals surface area contributed by atoms with Gasteiger partial charge in [-0.3, -0.25) is 9.59 Å². The van der Waals surface area contributed by atoms with Crippen LogP contribution in [0.4, 0.5) is 4.39 Å². The molecule has 102 valence electrons. The van der Waals surface area contributed by atoms with E-state index in [9.17, 15) is 14.0 Å². The number of carbonyl (C=O) groups excluding carboxylic acids is 1. The molecule has 0 unspecified atom stereocenters. The van der Waals surface area contributed by atoms with Crippen molar-refractivity contribution in [3.63, 3.8) is 0 Å². The molecule has 2 atom stereocenters. The number of carboxylic acids is 1. The largest absolute Gasteiger partial charge is 0.481 e. The van der Waals surface area contributed by atoms with Gasteiger partial charge in [-0.05, 0) is 53.4 Å². The quantitative estimate of drug-likeness (QED) is 0.895. The third-order valence-electron chi connectivity index (χ3n) is 3.29. The molecule has 19 heavy (non-hydrogen) atoms. The van der Waals surface area contributed by atoms with Gasteiger partial charge in [0.2, 0.25) is 0 Å². The first kappa shape index (κ1) is 14.0. The van der Waals surface area contributed by atoms with E-state index in [0.717, 1.165) is 6.07 Å². The summed E-state index contributed by atoms with van der Waals surface area (Å²) in [6.45, 7) is 0. The number of halogens is 2. The van der Waals surface area contributed by atoms with Crippen molar-refractivity contribution in [2.75, 3.05) is 0 Å². The van der Waals surface area contributed by atoms with E-state index in [-0.39, 0.29) is 17.5 Å². The van der Waals surface area contributed by atoms with Crippen molar-refractivity contribution in [1.82, 2.24) is 5.32 Å². The summed E-state index contributed by atoms with van der Waals surface area (Å²) in [5.74, 6) is -2.10. The Morgan fingerprint density at radius 1 is 1.37 bits per heavy atom. The highest BCUT2D eigenvalue weighted by Crippen LogP contribution is 2.26. The Kier molecular flexibility index (Phi) is 4.19. The molecule has 0 spiro atoms. The van der Waals surface area contributed by atoms with Gasteiger partial charge in [-0.2, -0.15) is 0 Å². The van der Waals surface area contributed by atoms with E-state index >= 15 is 0 Å². The van der Waals surface area contributed by atoms with Gasteiger partial charge >= 0.3 is 5.97 Å². The zero-order chi connectivity index (χ0) is 14.0. The van der Waals surface area contributed by atoms with Gasteiger partial charge in [-0.15, -0.1) is 0 Å². The molecule has 1 aliphatic carbocycles. The maximum absolute atomic E-state index is 13.1. The van der Waals surface area contributed by atoms with Crippen molar-refractivity contribution in [2.45, 2.75) is 25.3 Å². The molecule has 1 aromatic carbocycles. The first-order chi connectivity index (χ1) is 8.97. The summed E-state index contributed by atoms with van der Waals surface area (Å²) in [4.78, 5) is 22.8. The molecule has 0 heterocycles. The predicted molar refractivity (Wildman–Crippen MR) is 70.3 cm³/mol. The number of rotatable bonds is 3. The summed E-state index contributed by atoms with van der Waals surface area (Å²) in [7, 11) is 0. The molecule has 0 bridgehead atoms. The molecule has 1 aromatic rings. The first-order valence-corrected chi connectivity index (χ1v) is 6.75. The van der Waals surface area contributed by atoms with Crippen molar-refractivity contribution in [3.05, 3.63) is 34.1 Å². The zero-order valence-electron chi connectivity index (χ0n) is 10.0. The van der Waals surface area contributed by atoms with E-state index in [0.29, 0.717) is 23.7 Å². The van der Waals surface area contributed by atoms with Crippen LogP contribution in [-0.4, -0.2) is 23.0 Å². The Labute approximate surface area is 118 Å². The third-order valence-corrected chi connectivity index (χ3v) is 3.98. The first-order valence-electron chi connectivity index (χ1n) is 5.96. The van der Waals surface area contributed by atoms with Crippen LogP contribution in [0.25, 0.3) is 0 Å². The lowest BCUT2D eigenvalue weighted by molar-refractivity contribution is -0.141. The molecule has 0 aliphatic heterocycles. The van der Waals surface area contributed by atoms with E-state index in [1.165, 1.54) is 12.1 Å². The average Bonchev–Trinajstić information content (AvgIpc) is 2.80. The molecule has 4 nitrogen and oxygen atoms in total. The van der Waals surface area contributed by atoms with Crippen LogP contribution in [0.5, 0.6) is 0 Å². The Balaban J connectivity index is 2.02. The molecule has 1 fully saturated rings. The highest BCUT2D eigenvalue weighted by atomic mass is 79.9. The minimum absolute atomic E-state index is 0.163. The number of carboxylic acid groups (broad SMARTS) is 1. The second-order valence-electron chi connectivity index (χ2n) is 4.64. The minimum atomic E-state index is -0.830. The van der Waals surface area contributed by atoms with Crippen LogP contribution < -0.4 is 5.32 Å². The standard InChI is InChI=1S/C13H13BrFNO3/c14-11-4-2-8(15)6-10(11)12(17)16-9-3-1-7(5-9)13(18)19/h2,4,6-7,9H,1,3,5H2,(H,16,17)(H,18,19)/t7-,9+/m1/s1. The predicted octanol–water partition coefficient (Wildman–Crippen LogP) is 2.57. The normalized spacial score (nSPS) is 22.2. The van der Waals surface area contributed by atoms with Gasteiger partial charge < -0.3 is 10.4 Å². The number of hydrogen-bond acceptors (Lipinski definition) is 2. The van der Waals surface area contributed by atoms with Crippen molar-refractivity contribution < 1.29 is 19.1 Å². The van der Waals surface area contributed by atoms with Gasteiger partial charge in [0, 0.05) is 10.5 Å². The lowest BCUT2D eigenvalue weighted by atomic mass is 10.1. The van der Waals surface area contributed by atoms with Crippen LogP contribution in [0.15, 0.2) is 22.7 Å². The Hall–Kier alpha value is -1.43. The molecule has 1 amide bonds. The topological polar surface area (TPSA) is 66.4 Å². The minimum Gasteiger partial charge on any atom is -0.481 e. The van der Waals surface area contributed by atoms with E-state index in [1.54, 1.807) is 0 Å². The van der Waals surface area contributed by atoms with Crippen LogP contribution in [0, 0.1) is 11.7 Å². The van der Waals surface area contributed by atoms with Crippen molar-refractivity contribution >= 4 is 27.8 Å². The molecule has 6 heteroatoms. The second kappa shape index (κ2) is 5.69. The molecular weight excluding hydrogens is 317 g/mol. The number of nitrogens with one attached hydrogen (secondary N) is 1. The summed E-state index contributed by atoms with van der Waals surface area (Å²) in [5, 5.41) is 11.6. The fraction of sp³-hybridized carbons (Fsp3) is 0.385. The van der Waals surface area contributed by atoms with Gasteiger partial charge in [-0.1, -0.05) is 0 Å². The van der Waals surface area contributed by atoms with E-state index in [2.05, 4.69) is 21.2 Å². The second-order valence-corrected chi connectivity index (χ2v) is 5.50. The summed E-state index contributed by atoms with van der Waals surface area (Å²) in [6, 6.07) is 3.72. The van der Waals surface area contributed by atoms with E-state index in [4.69, 9.17) is 5.11 Å². The SMILES string of the molecule is O=C(N[C@H]1CC[C@@H](C(=O)O)C1)c1cc(F)ccc1Br. The van der Waals surface area contributed by atoms with E-state index in [1.807, 2.05) is 0 Å². The van der Waals surface area contributed by atoms with Crippen molar-refractivity contribution in [1.29, 1.82) is 0 Å². The van der Waals surface area contributed by atoms with Gasteiger partial charge in [0.1, 0.15) is 5.82 Å². The third kappa shape index (κ3) is 3.32. The Morgan fingerprint density at radius 3 is 2.74 bits per heavy atom. The summed E-state index contributed by atoms with van der Waals surface area (Å²) in [5.41, 5.74) is 0.221. The molecule has 2 N–H and O–H groups in total. The Morgan fingerprint density at radius 2 is 2.11 bits per heavy atom. The number of aliphatic carboxylic acids is 1. The van der Waals surface area contributed by atoms with Crippen molar-refractivity contribution in [2.24, 2.45) is 5.92 Å². The lowest BCUT2D eigenvalue weighted by Gasteiger charge is -2.13. The van der Waals surface area contributed by atoms with E-state index < -0.39 is 17.7 Å². The van der Waals surface area contributed by atoms with Gasteiger partial charge in [0.25, 0.3) is 5.91 Å². The lowest BCUT2D eigenvalue weighted by Crippen LogP contribution is -2.33. The summed E-state index contributed by atoms with van der Waals surface area (Å²) < 4.78 is 13.6. The summed E-state index contributed by atoms with van der Waals surface area (Å²) in [6.07, 6.45) is 1.62. The van der Waals surface area contributed by atoms with Crippen molar-refractivity contribution in [3.8, 4) is 0 Å². The number of carbonyl (C=O) groups is 2. The average molecular weight is 330 g/mol. The fourth-order valence-electron chi connectivity index (χ4n) is 2.27. The fourth-order valence-corrected chi connectivity index (χ4v) is 2.70. The number of hydrogen-bond donors (Lipinski definition) is 2. The molecule has 0 aromatic heterocycles.